The Kier molecular flexibility index (Phi) is 12.0. The van der Waals surface area contributed by atoms with E-state index in [4.69, 9.17) is 5.73 Å². The zero-order chi connectivity index (χ0) is 13.6. The van der Waals surface area contributed by atoms with Gasteiger partial charge in [0.25, 0.3) is 0 Å². The molecular weight excluding hydrogens is 226 g/mol. The van der Waals surface area contributed by atoms with Gasteiger partial charge in [-0.15, -0.1) is 0 Å². The summed E-state index contributed by atoms with van der Waals surface area (Å²) in [5.41, 5.74) is 5.79. The van der Waals surface area contributed by atoms with E-state index < -0.39 is 0 Å². The second kappa shape index (κ2) is 12.6. The fourth-order valence-electron chi connectivity index (χ4n) is 1.81. The van der Waals surface area contributed by atoms with E-state index in [1.165, 1.54) is 45.6 Å². The minimum atomic E-state index is -0.230. The Morgan fingerprint density at radius 3 is 2.50 bits per heavy atom. The van der Waals surface area contributed by atoms with Gasteiger partial charge in [-0.25, -0.2) is 0 Å². The molecule has 0 amide bonds. The van der Waals surface area contributed by atoms with Crippen molar-refractivity contribution in [2.75, 3.05) is 7.11 Å². The van der Waals surface area contributed by atoms with Crippen LogP contribution in [0.15, 0.2) is 12.2 Å². The van der Waals surface area contributed by atoms with Gasteiger partial charge in [-0.1, -0.05) is 51.2 Å². The molecule has 0 saturated heterocycles. The SMILES string of the molecule is CCCCCCCC/C=C\C[C@H](N)CC(=O)OC. The van der Waals surface area contributed by atoms with Crippen LogP contribution in [0.4, 0.5) is 0 Å². The number of allylic oxidation sites excluding steroid dienone is 1. The summed E-state index contributed by atoms with van der Waals surface area (Å²) in [6.45, 7) is 2.24. The van der Waals surface area contributed by atoms with Crippen LogP contribution in [0.3, 0.4) is 0 Å². The molecule has 0 radical (unpaired) electrons. The predicted octanol–water partition coefficient (Wildman–Crippen LogP) is 3.57. The Balaban J connectivity index is 3.34. The molecule has 106 valence electrons. The van der Waals surface area contributed by atoms with Gasteiger partial charge in [-0.2, -0.15) is 0 Å². The van der Waals surface area contributed by atoms with E-state index in [1.54, 1.807) is 0 Å². The molecule has 0 rings (SSSR count). The number of nitrogens with two attached hydrogens (primary N) is 1. The predicted molar refractivity (Wildman–Crippen MR) is 76.4 cm³/mol. The van der Waals surface area contributed by atoms with Gasteiger partial charge >= 0.3 is 5.97 Å². The molecule has 0 aliphatic rings. The highest BCUT2D eigenvalue weighted by Crippen LogP contribution is 2.07. The zero-order valence-electron chi connectivity index (χ0n) is 12.0. The van der Waals surface area contributed by atoms with Gasteiger partial charge in [0.05, 0.1) is 13.5 Å². The lowest BCUT2D eigenvalue weighted by Crippen LogP contribution is -2.23. The molecule has 0 aromatic rings. The molecule has 0 aliphatic carbocycles. The van der Waals surface area contributed by atoms with Crippen LogP contribution in [0.5, 0.6) is 0 Å². The van der Waals surface area contributed by atoms with Crippen molar-refractivity contribution in [2.24, 2.45) is 5.73 Å². The van der Waals surface area contributed by atoms with Crippen LogP contribution in [-0.4, -0.2) is 19.1 Å². The lowest BCUT2D eigenvalue weighted by atomic mass is 10.1. The van der Waals surface area contributed by atoms with Crippen LogP contribution in [0.1, 0.15) is 64.7 Å². The summed E-state index contributed by atoms with van der Waals surface area (Å²) >= 11 is 0. The van der Waals surface area contributed by atoms with Crippen LogP contribution < -0.4 is 5.73 Å². The molecule has 0 aliphatic heterocycles. The summed E-state index contributed by atoms with van der Waals surface area (Å²) in [6, 6.07) is -0.113. The summed E-state index contributed by atoms with van der Waals surface area (Å²) in [5, 5.41) is 0. The Morgan fingerprint density at radius 2 is 1.83 bits per heavy atom. The first kappa shape index (κ1) is 17.2. The first-order valence-electron chi connectivity index (χ1n) is 7.18. The van der Waals surface area contributed by atoms with E-state index >= 15 is 0 Å². The third kappa shape index (κ3) is 11.6. The molecule has 3 nitrogen and oxygen atoms in total. The average Bonchev–Trinajstić information content (AvgIpc) is 2.36. The van der Waals surface area contributed by atoms with Gasteiger partial charge in [0.2, 0.25) is 0 Å². The molecular formula is C15H29NO2. The quantitative estimate of drug-likeness (QED) is 0.349. The molecule has 1 atom stereocenters. The minimum Gasteiger partial charge on any atom is -0.469 e. The molecule has 2 N–H and O–H groups in total. The summed E-state index contributed by atoms with van der Waals surface area (Å²) in [6.07, 6.45) is 14.4. The zero-order valence-corrected chi connectivity index (χ0v) is 12.0. The highest BCUT2D eigenvalue weighted by Gasteiger charge is 2.06. The molecule has 0 spiro atoms. The van der Waals surface area contributed by atoms with Crippen molar-refractivity contribution < 1.29 is 9.53 Å². The number of unbranched alkanes of at least 4 members (excludes halogenated alkanes) is 6. The van der Waals surface area contributed by atoms with Gasteiger partial charge < -0.3 is 10.5 Å². The van der Waals surface area contributed by atoms with E-state index in [0.717, 1.165) is 12.8 Å². The van der Waals surface area contributed by atoms with Crippen LogP contribution in [0.25, 0.3) is 0 Å². The number of hydrogen-bond acceptors (Lipinski definition) is 3. The third-order valence-corrected chi connectivity index (χ3v) is 2.99. The van der Waals surface area contributed by atoms with Crippen LogP contribution >= 0.6 is 0 Å². The summed E-state index contributed by atoms with van der Waals surface area (Å²) < 4.78 is 4.57. The van der Waals surface area contributed by atoms with Crippen molar-refractivity contribution in [1.82, 2.24) is 0 Å². The summed E-state index contributed by atoms with van der Waals surface area (Å²) in [5.74, 6) is -0.230. The smallest absolute Gasteiger partial charge is 0.307 e. The molecule has 0 bridgehead atoms. The molecule has 18 heavy (non-hydrogen) atoms. The molecule has 0 fully saturated rings. The van der Waals surface area contributed by atoms with Gasteiger partial charge in [0, 0.05) is 6.04 Å². The largest absolute Gasteiger partial charge is 0.469 e. The molecule has 0 saturated carbocycles. The molecule has 0 unspecified atom stereocenters. The van der Waals surface area contributed by atoms with Crippen molar-refractivity contribution in [2.45, 2.75) is 70.8 Å². The molecule has 0 heterocycles. The van der Waals surface area contributed by atoms with Crippen molar-refractivity contribution in [3.05, 3.63) is 12.2 Å². The number of carbonyl (C=O) groups is 1. The van der Waals surface area contributed by atoms with Crippen LogP contribution in [-0.2, 0) is 9.53 Å². The number of carbonyl (C=O) groups excluding carboxylic acids is 1. The highest BCUT2D eigenvalue weighted by molar-refractivity contribution is 5.69. The van der Waals surface area contributed by atoms with E-state index in [-0.39, 0.29) is 12.0 Å². The Hall–Kier alpha value is -0.830. The lowest BCUT2D eigenvalue weighted by Gasteiger charge is -2.06. The molecule has 3 heteroatoms. The normalized spacial score (nSPS) is 12.8. The second-order valence-electron chi connectivity index (χ2n) is 4.80. The number of methoxy groups -OCH3 is 1. The number of hydrogen-bond donors (Lipinski definition) is 1. The van der Waals surface area contributed by atoms with E-state index in [0.29, 0.717) is 6.42 Å². The number of ether oxygens (including phenoxy) is 1. The maximum atomic E-state index is 11.0. The van der Waals surface area contributed by atoms with Crippen molar-refractivity contribution in [1.29, 1.82) is 0 Å². The Bertz CT molecular complexity index is 227. The fraction of sp³-hybridized carbons (Fsp3) is 0.800. The highest BCUT2D eigenvalue weighted by atomic mass is 16.5. The molecule has 0 aromatic heterocycles. The van der Waals surface area contributed by atoms with E-state index in [1.807, 2.05) is 0 Å². The van der Waals surface area contributed by atoms with Crippen LogP contribution in [0.2, 0.25) is 0 Å². The standard InChI is InChI=1S/C15H29NO2/c1-3-4-5-6-7-8-9-10-11-12-14(16)13-15(17)18-2/h10-11,14H,3-9,12-13,16H2,1-2H3/b11-10-/t14-/m0/s1. The second-order valence-corrected chi connectivity index (χ2v) is 4.80. The van der Waals surface area contributed by atoms with Crippen molar-refractivity contribution in [3.8, 4) is 0 Å². The summed E-state index contributed by atoms with van der Waals surface area (Å²) in [4.78, 5) is 11.0. The lowest BCUT2D eigenvalue weighted by molar-refractivity contribution is -0.140. The van der Waals surface area contributed by atoms with Crippen molar-refractivity contribution in [3.63, 3.8) is 0 Å². The fourth-order valence-corrected chi connectivity index (χ4v) is 1.81. The van der Waals surface area contributed by atoms with Gasteiger partial charge in [0.15, 0.2) is 0 Å². The molecule has 0 aromatic carbocycles. The summed E-state index contributed by atoms with van der Waals surface area (Å²) in [7, 11) is 1.39. The van der Waals surface area contributed by atoms with Gasteiger partial charge in [0.1, 0.15) is 0 Å². The van der Waals surface area contributed by atoms with Gasteiger partial charge in [-0.3, -0.25) is 4.79 Å². The maximum Gasteiger partial charge on any atom is 0.307 e. The average molecular weight is 255 g/mol. The van der Waals surface area contributed by atoms with Crippen molar-refractivity contribution >= 4 is 5.97 Å². The van der Waals surface area contributed by atoms with Crippen LogP contribution in [0, 0.1) is 0 Å². The monoisotopic (exact) mass is 255 g/mol. The minimum absolute atomic E-state index is 0.113. The third-order valence-electron chi connectivity index (χ3n) is 2.99. The Labute approximate surface area is 112 Å². The van der Waals surface area contributed by atoms with E-state index in [2.05, 4.69) is 23.8 Å². The maximum absolute atomic E-state index is 11.0. The number of rotatable bonds is 11. The topological polar surface area (TPSA) is 52.3 Å². The first-order valence-corrected chi connectivity index (χ1v) is 7.18. The Morgan fingerprint density at radius 1 is 1.17 bits per heavy atom. The van der Waals surface area contributed by atoms with Gasteiger partial charge in [-0.05, 0) is 19.3 Å². The number of esters is 1. The van der Waals surface area contributed by atoms with E-state index in [9.17, 15) is 4.79 Å². The first-order chi connectivity index (χ1) is 8.70.